The molecule has 3 rings (SSSR count). The molecular formula is C21H33N7O. The second-order valence-corrected chi connectivity index (χ2v) is 8.97. The minimum Gasteiger partial charge on any atom is -0.355 e. The van der Waals surface area contributed by atoms with Crippen LogP contribution >= 0.6 is 0 Å². The molecule has 29 heavy (non-hydrogen) atoms. The van der Waals surface area contributed by atoms with Gasteiger partial charge in [-0.25, -0.2) is 4.79 Å². The van der Waals surface area contributed by atoms with Crippen molar-refractivity contribution in [2.75, 3.05) is 25.0 Å². The second-order valence-electron chi connectivity index (χ2n) is 8.97. The van der Waals surface area contributed by atoms with E-state index in [4.69, 9.17) is 0 Å². The lowest BCUT2D eigenvalue weighted by molar-refractivity contribution is 0.171. The number of amides is 2. The van der Waals surface area contributed by atoms with E-state index in [2.05, 4.69) is 39.4 Å². The normalized spacial score (nSPS) is 15.5. The average Bonchev–Trinajstić information content (AvgIpc) is 3.08. The first-order valence-corrected chi connectivity index (χ1v) is 10.2. The zero-order valence-corrected chi connectivity index (χ0v) is 18.7. The molecular weight excluding hydrogens is 366 g/mol. The summed E-state index contributed by atoms with van der Waals surface area (Å²) in [5.41, 5.74) is 3.89. The lowest BCUT2D eigenvalue weighted by atomic mass is 10.0. The zero-order valence-electron chi connectivity index (χ0n) is 18.7. The molecule has 2 amide bonds. The van der Waals surface area contributed by atoms with Crippen molar-refractivity contribution in [3.8, 4) is 11.4 Å². The number of carbonyl (C=O) groups is 1. The van der Waals surface area contributed by atoms with Crippen LogP contribution in [0, 0.1) is 13.8 Å². The number of aromatic nitrogens is 4. The van der Waals surface area contributed by atoms with E-state index in [0.717, 1.165) is 54.3 Å². The van der Waals surface area contributed by atoms with Gasteiger partial charge in [-0.3, -0.25) is 4.68 Å². The van der Waals surface area contributed by atoms with Crippen LogP contribution in [0.5, 0.6) is 0 Å². The Morgan fingerprint density at radius 2 is 1.83 bits per heavy atom. The van der Waals surface area contributed by atoms with Crippen molar-refractivity contribution in [2.24, 2.45) is 7.05 Å². The predicted octanol–water partition coefficient (Wildman–Crippen LogP) is 2.90. The number of rotatable bonds is 3. The summed E-state index contributed by atoms with van der Waals surface area (Å²) in [6, 6.07) is 2.18. The number of nitrogens with zero attached hydrogens (tertiary/aromatic N) is 6. The van der Waals surface area contributed by atoms with Crippen LogP contribution in [0.4, 0.5) is 10.6 Å². The van der Waals surface area contributed by atoms with Gasteiger partial charge in [-0.2, -0.15) is 5.10 Å². The lowest BCUT2D eigenvalue weighted by Gasteiger charge is -2.38. The third kappa shape index (κ3) is 4.52. The van der Waals surface area contributed by atoms with Crippen LogP contribution in [-0.4, -0.2) is 62.6 Å². The van der Waals surface area contributed by atoms with Crippen molar-refractivity contribution in [2.45, 2.75) is 59.0 Å². The molecule has 0 atom stereocenters. The molecule has 158 valence electrons. The van der Waals surface area contributed by atoms with Crippen molar-refractivity contribution < 1.29 is 4.79 Å². The number of aryl methyl sites for hydroxylation is 1. The maximum atomic E-state index is 12.5. The Balaban J connectivity index is 1.69. The van der Waals surface area contributed by atoms with Gasteiger partial charge in [0.25, 0.3) is 0 Å². The van der Waals surface area contributed by atoms with Crippen LogP contribution < -0.4 is 10.2 Å². The van der Waals surface area contributed by atoms with Crippen molar-refractivity contribution in [3.05, 3.63) is 23.4 Å². The number of anilines is 1. The monoisotopic (exact) mass is 399 g/mol. The van der Waals surface area contributed by atoms with Crippen LogP contribution in [0.2, 0.25) is 0 Å². The summed E-state index contributed by atoms with van der Waals surface area (Å²) in [4.78, 5) is 16.6. The van der Waals surface area contributed by atoms with Crippen molar-refractivity contribution in [3.63, 3.8) is 0 Å². The molecule has 0 bridgehead atoms. The minimum atomic E-state index is -0.230. The number of carbonyl (C=O) groups excluding carboxylic acids is 1. The number of urea groups is 1. The summed E-state index contributed by atoms with van der Waals surface area (Å²) in [6.07, 6.45) is 3.60. The van der Waals surface area contributed by atoms with Gasteiger partial charge in [0.05, 0.1) is 5.69 Å². The third-order valence-corrected chi connectivity index (χ3v) is 5.68. The van der Waals surface area contributed by atoms with E-state index in [0.29, 0.717) is 0 Å². The summed E-state index contributed by atoms with van der Waals surface area (Å²) in [5.74, 6) is 0.939. The first-order valence-electron chi connectivity index (χ1n) is 10.2. The number of piperidine rings is 1. The molecule has 1 N–H and O–H groups in total. The summed E-state index contributed by atoms with van der Waals surface area (Å²) < 4.78 is 1.82. The number of hydrogen-bond donors (Lipinski definition) is 1. The molecule has 1 aliphatic rings. The fourth-order valence-corrected chi connectivity index (χ4v) is 3.78. The predicted molar refractivity (Wildman–Crippen MR) is 115 cm³/mol. The first kappa shape index (κ1) is 21.1. The van der Waals surface area contributed by atoms with Gasteiger partial charge in [0, 0.05) is 45.0 Å². The van der Waals surface area contributed by atoms with E-state index in [-0.39, 0.29) is 17.6 Å². The van der Waals surface area contributed by atoms with E-state index in [1.165, 1.54) is 0 Å². The molecule has 0 aliphatic carbocycles. The highest BCUT2D eigenvalue weighted by molar-refractivity contribution is 5.75. The van der Waals surface area contributed by atoms with E-state index < -0.39 is 0 Å². The Kier molecular flexibility index (Phi) is 5.82. The molecule has 2 aromatic rings. The molecule has 0 radical (unpaired) electrons. The molecule has 2 aromatic heterocycles. The van der Waals surface area contributed by atoms with E-state index in [1.54, 1.807) is 6.20 Å². The quantitative estimate of drug-likeness (QED) is 0.858. The van der Waals surface area contributed by atoms with Gasteiger partial charge in [-0.15, -0.1) is 10.2 Å². The second kappa shape index (κ2) is 8.00. The Morgan fingerprint density at radius 1 is 1.17 bits per heavy atom. The van der Waals surface area contributed by atoms with Crippen LogP contribution in [-0.2, 0) is 7.05 Å². The fourth-order valence-electron chi connectivity index (χ4n) is 3.78. The molecule has 8 heteroatoms. The SMILES string of the molecule is Cc1c(-c2ccnn2C)nnc(N2CCC(N(C)C(=O)NC(C)(C)C)CC2)c1C. The minimum absolute atomic E-state index is 0.0108. The Labute approximate surface area is 173 Å². The molecule has 0 unspecified atom stereocenters. The molecule has 8 nitrogen and oxygen atoms in total. The van der Waals surface area contributed by atoms with Crippen molar-refractivity contribution >= 4 is 11.8 Å². The van der Waals surface area contributed by atoms with Gasteiger partial charge in [0.1, 0.15) is 5.69 Å². The summed E-state index contributed by atoms with van der Waals surface area (Å²) in [5, 5.41) is 16.4. The first-order chi connectivity index (χ1) is 13.6. The Morgan fingerprint density at radius 3 is 2.38 bits per heavy atom. The van der Waals surface area contributed by atoms with Gasteiger partial charge >= 0.3 is 6.03 Å². The van der Waals surface area contributed by atoms with Crippen molar-refractivity contribution in [1.82, 2.24) is 30.2 Å². The maximum absolute atomic E-state index is 12.5. The molecule has 0 spiro atoms. The molecule has 0 saturated carbocycles. The zero-order chi connectivity index (χ0) is 21.3. The fraction of sp³-hybridized carbons (Fsp3) is 0.619. The van der Waals surface area contributed by atoms with Crippen LogP contribution in [0.15, 0.2) is 12.3 Å². The van der Waals surface area contributed by atoms with E-state index >= 15 is 0 Å². The van der Waals surface area contributed by atoms with Gasteiger partial charge in [-0.1, -0.05) is 0 Å². The smallest absolute Gasteiger partial charge is 0.317 e. The Hall–Kier alpha value is -2.64. The van der Waals surface area contributed by atoms with Gasteiger partial charge in [-0.05, 0) is 64.7 Å². The average molecular weight is 400 g/mol. The van der Waals surface area contributed by atoms with Crippen LogP contribution in [0.1, 0.15) is 44.7 Å². The third-order valence-electron chi connectivity index (χ3n) is 5.68. The molecule has 3 heterocycles. The van der Waals surface area contributed by atoms with Gasteiger partial charge < -0.3 is 15.1 Å². The summed E-state index contributed by atoms with van der Waals surface area (Å²) >= 11 is 0. The Bertz CT molecular complexity index is 876. The molecule has 0 aromatic carbocycles. The molecule has 1 fully saturated rings. The highest BCUT2D eigenvalue weighted by atomic mass is 16.2. The molecule has 1 aliphatic heterocycles. The number of nitrogens with one attached hydrogen (secondary N) is 1. The lowest BCUT2D eigenvalue weighted by Crippen LogP contribution is -2.53. The van der Waals surface area contributed by atoms with Crippen LogP contribution in [0.25, 0.3) is 11.4 Å². The van der Waals surface area contributed by atoms with E-state index in [9.17, 15) is 4.79 Å². The highest BCUT2D eigenvalue weighted by Crippen LogP contribution is 2.29. The largest absolute Gasteiger partial charge is 0.355 e. The summed E-state index contributed by atoms with van der Waals surface area (Å²) in [6.45, 7) is 11.9. The van der Waals surface area contributed by atoms with Gasteiger partial charge in [0.2, 0.25) is 0 Å². The molecule has 1 saturated heterocycles. The topological polar surface area (TPSA) is 79.2 Å². The number of hydrogen-bond acceptors (Lipinski definition) is 5. The van der Waals surface area contributed by atoms with Crippen molar-refractivity contribution in [1.29, 1.82) is 0 Å². The maximum Gasteiger partial charge on any atom is 0.317 e. The highest BCUT2D eigenvalue weighted by Gasteiger charge is 2.28. The van der Waals surface area contributed by atoms with E-state index in [1.807, 2.05) is 50.5 Å². The van der Waals surface area contributed by atoms with Gasteiger partial charge in [0.15, 0.2) is 5.82 Å². The van der Waals surface area contributed by atoms with Crippen LogP contribution in [0.3, 0.4) is 0 Å². The standard InChI is InChI=1S/C21H33N7O/c1-14-15(2)19(25-24-18(14)17-8-11-22-27(17)7)28-12-9-16(10-13-28)26(6)20(29)23-21(3,4)5/h8,11,16H,9-10,12-13H2,1-7H3,(H,23,29). The summed E-state index contributed by atoms with van der Waals surface area (Å²) in [7, 11) is 3.80.